The van der Waals surface area contributed by atoms with Crippen LogP contribution in [0.4, 0.5) is 0 Å². The van der Waals surface area contributed by atoms with Crippen LogP contribution >= 0.6 is 11.8 Å². The average Bonchev–Trinajstić information content (AvgIpc) is 3.42. The highest BCUT2D eigenvalue weighted by atomic mass is 32.2. The summed E-state index contributed by atoms with van der Waals surface area (Å²) >= 11 is 1.65. The van der Waals surface area contributed by atoms with Crippen LogP contribution in [0.25, 0.3) is 0 Å². The van der Waals surface area contributed by atoms with Crippen LogP contribution in [-0.4, -0.2) is 69.7 Å². The highest BCUT2D eigenvalue weighted by Gasteiger charge is 2.37. The van der Waals surface area contributed by atoms with Crippen LogP contribution in [0, 0.1) is 0 Å². The predicted octanol–water partition coefficient (Wildman–Crippen LogP) is 1.95. The van der Waals surface area contributed by atoms with E-state index in [1.54, 1.807) is 16.7 Å². The molecule has 7 heteroatoms. The third-order valence-electron chi connectivity index (χ3n) is 5.62. The van der Waals surface area contributed by atoms with E-state index >= 15 is 0 Å². The van der Waals surface area contributed by atoms with Crippen molar-refractivity contribution in [2.45, 2.75) is 38.3 Å². The highest BCUT2D eigenvalue weighted by Crippen LogP contribution is 2.26. The zero-order chi connectivity index (χ0) is 18.8. The summed E-state index contributed by atoms with van der Waals surface area (Å²) in [4.78, 5) is 43.2. The summed E-state index contributed by atoms with van der Waals surface area (Å²) in [7, 11) is 0. The molecular weight excluding hydrogens is 362 g/mol. The first-order valence-electron chi connectivity index (χ1n) is 9.68. The molecule has 3 aliphatic heterocycles. The molecule has 1 aromatic rings. The van der Waals surface area contributed by atoms with E-state index in [1.807, 2.05) is 34.1 Å². The molecule has 0 bridgehead atoms. The molecular formula is C20H25N3O3S. The van der Waals surface area contributed by atoms with Crippen LogP contribution in [0.2, 0.25) is 0 Å². The maximum Gasteiger partial charge on any atom is 0.254 e. The summed E-state index contributed by atoms with van der Waals surface area (Å²) in [5.74, 6) is 1.48. The number of benzene rings is 1. The maximum absolute atomic E-state index is 12.7. The second-order valence-electron chi connectivity index (χ2n) is 7.40. The number of fused-ring (bicyclic) bond motifs is 1. The third kappa shape index (κ3) is 3.70. The number of hydrogen-bond donors (Lipinski definition) is 0. The number of nitrogens with zero attached hydrogens (tertiary/aromatic N) is 3. The van der Waals surface area contributed by atoms with Crippen molar-refractivity contribution in [3.63, 3.8) is 0 Å². The van der Waals surface area contributed by atoms with Crippen molar-refractivity contribution in [2.75, 3.05) is 31.3 Å². The molecule has 0 saturated carbocycles. The van der Waals surface area contributed by atoms with Crippen molar-refractivity contribution in [2.24, 2.45) is 0 Å². The van der Waals surface area contributed by atoms with Gasteiger partial charge in [-0.3, -0.25) is 14.4 Å². The maximum atomic E-state index is 12.7. The number of thioether (sulfide) groups is 1. The van der Waals surface area contributed by atoms with Crippen molar-refractivity contribution < 1.29 is 14.4 Å². The minimum atomic E-state index is -0.307. The summed E-state index contributed by atoms with van der Waals surface area (Å²) in [6.07, 6.45) is 3.13. The van der Waals surface area contributed by atoms with E-state index in [0.29, 0.717) is 37.6 Å². The van der Waals surface area contributed by atoms with Gasteiger partial charge in [0.15, 0.2) is 0 Å². The van der Waals surface area contributed by atoms with Gasteiger partial charge in [0.25, 0.3) is 5.91 Å². The van der Waals surface area contributed by atoms with E-state index < -0.39 is 0 Å². The second kappa shape index (κ2) is 7.92. The van der Waals surface area contributed by atoms with E-state index in [0.717, 1.165) is 37.1 Å². The molecule has 0 aliphatic carbocycles. The Morgan fingerprint density at radius 3 is 2.70 bits per heavy atom. The van der Waals surface area contributed by atoms with Gasteiger partial charge in [-0.05, 0) is 30.9 Å². The molecule has 27 heavy (non-hydrogen) atoms. The fraction of sp³-hybridized carbons (Fsp3) is 0.550. The lowest BCUT2D eigenvalue weighted by atomic mass is 10.1. The van der Waals surface area contributed by atoms with Gasteiger partial charge < -0.3 is 14.7 Å². The SMILES string of the molecule is O=C1c2ccccc2CN1CCCC(=O)N1CSC[C@H]1C(=O)N1CCCC1. The van der Waals surface area contributed by atoms with E-state index in [1.165, 1.54) is 0 Å². The Morgan fingerprint density at radius 1 is 1.15 bits per heavy atom. The zero-order valence-corrected chi connectivity index (χ0v) is 16.2. The molecule has 3 aliphatic rings. The summed E-state index contributed by atoms with van der Waals surface area (Å²) in [6, 6.07) is 7.36. The smallest absolute Gasteiger partial charge is 0.254 e. The molecule has 4 rings (SSSR count). The van der Waals surface area contributed by atoms with Crippen LogP contribution < -0.4 is 0 Å². The first kappa shape index (κ1) is 18.3. The number of carbonyl (C=O) groups is 3. The van der Waals surface area contributed by atoms with Gasteiger partial charge in [0.2, 0.25) is 11.8 Å². The predicted molar refractivity (Wildman–Crippen MR) is 104 cm³/mol. The van der Waals surface area contributed by atoms with Crippen molar-refractivity contribution in [3.05, 3.63) is 35.4 Å². The molecule has 3 amide bonds. The van der Waals surface area contributed by atoms with Gasteiger partial charge in [-0.15, -0.1) is 11.8 Å². The first-order valence-corrected chi connectivity index (χ1v) is 10.8. The molecule has 6 nitrogen and oxygen atoms in total. The number of likely N-dealkylation sites (tertiary alicyclic amines) is 1. The Balaban J connectivity index is 1.28. The lowest BCUT2D eigenvalue weighted by Gasteiger charge is -2.27. The highest BCUT2D eigenvalue weighted by molar-refractivity contribution is 7.99. The van der Waals surface area contributed by atoms with E-state index in [2.05, 4.69) is 0 Å². The summed E-state index contributed by atoms with van der Waals surface area (Å²) in [5.41, 5.74) is 1.83. The van der Waals surface area contributed by atoms with E-state index in [9.17, 15) is 14.4 Å². The lowest BCUT2D eigenvalue weighted by molar-refractivity contribution is -0.142. The minimum absolute atomic E-state index is 0.0294. The van der Waals surface area contributed by atoms with Crippen molar-refractivity contribution in [1.29, 1.82) is 0 Å². The molecule has 0 unspecified atom stereocenters. The van der Waals surface area contributed by atoms with Crippen LogP contribution in [0.3, 0.4) is 0 Å². The molecule has 3 heterocycles. The Labute approximate surface area is 163 Å². The van der Waals surface area contributed by atoms with Crippen LogP contribution in [0.5, 0.6) is 0 Å². The molecule has 0 N–H and O–H groups in total. The van der Waals surface area contributed by atoms with Gasteiger partial charge in [0, 0.05) is 43.9 Å². The Kier molecular flexibility index (Phi) is 5.38. The average molecular weight is 388 g/mol. The number of amides is 3. The van der Waals surface area contributed by atoms with Gasteiger partial charge in [0.1, 0.15) is 6.04 Å². The molecule has 1 aromatic carbocycles. The minimum Gasteiger partial charge on any atom is -0.341 e. The number of carbonyl (C=O) groups excluding carboxylic acids is 3. The third-order valence-corrected chi connectivity index (χ3v) is 6.63. The fourth-order valence-electron chi connectivity index (χ4n) is 4.10. The number of rotatable bonds is 5. The summed E-state index contributed by atoms with van der Waals surface area (Å²) in [6.45, 7) is 2.84. The fourth-order valence-corrected chi connectivity index (χ4v) is 5.27. The first-order chi connectivity index (χ1) is 13.1. The Hall–Kier alpha value is -2.02. The van der Waals surface area contributed by atoms with Gasteiger partial charge in [0.05, 0.1) is 5.88 Å². The Morgan fingerprint density at radius 2 is 1.93 bits per heavy atom. The van der Waals surface area contributed by atoms with Crippen molar-refractivity contribution in [1.82, 2.24) is 14.7 Å². The largest absolute Gasteiger partial charge is 0.341 e. The Bertz CT molecular complexity index is 748. The molecule has 0 radical (unpaired) electrons. The number of hydrogen-bond acceptors (Lipinski definition) is 4. The lowest BCUT2D eigenvalue weighted by Crippen LogP contribution is -2.48. The molecule has 144 valence electrons. The second-order valence-corrected chi connectivity index (χ2v) is 8.40. The zero-order valence-electron chi connectivity index (χ0n) is 15.4. The monoisotopic (exact) mass is 387 g/mol. The van der Waals surface area contributed by atoms with Gasteiger partial charge in [-0.2, -0.15) is 0 Å². The van der Waals surface area contributed by atoms with Gasteiger partial charge >= 0.3 is 0 Å². The van der Waals surface area contributed by atoms with Gasteiger partial charge in [-0.25, -0.2) is 0 Å². The molecule has 1 atom stereocenters. The topological polar surface area (TPSA) is 60.9 Å². The summed E-state index contributed by atoms with van der Waals surface area (Å²) < 4.78 is 0. The van der Waals surface area contributed by atoms with Gasteiger partial charge in [-0.1, -0.05) is 18.2 Å². The normalized spacial score (nSPS) is 21.9. The molecule has 0 spiro atoms. The molecule has 2 saturated heterocycles. The van der Waals surface area contributed by atoms with E-state index in [-0.39, 0.29) is 23.8 Å². The summed E-state index contributed by atoms with van der Waals surface area (Å²) in [5, 5.41) is 0. The van der Waals surface area contributed by atoms with E-state index in [4.69, 9.17) is 0 Å². The van der Waals surface area contributed by atoms with Crippen molar-refractivity contribution >= 4 is 29.5 Å². The molecule has 2 fully saturated rings. The van der Waals surface area contributed by atoms with Crippen LogP contribution in [0.1, 0.15) is 41.6 Å². The standard InChI is InChI=1S/C20H25N3O3S/c24-18(23-14-27-13-17(23)20(26)21-9-3-4-10-21)8-5-11-22-12-15-6-1-2-7-16(15)19(22)25/h1-2,6-7,17H,3-5,8-14H2/t17-/m0/s1. The van der Waals surface area contributed by atoms with Crippen LogP contribution in [-0.2, 0) is 16.1 Å². The van der Waals surface area contributed by atoms with Crippen LogP contribution in [0.15, 0.2) is 24.3 Å². The quantitative estimate of drug-likeness (QED) is 0.775. The van der Waals surface area contributed by atoms with Crippen molar-refractivity contribution in [3.8, 4) is 0 Å². The molecule has 0 aromatic heterocycles.